The first-order chi connectivity index (χ1) is 18.1. The van der Waals surface area contributed by atoms with Gasteiger partial charge in [0.15, 0.2) is 0 Å². The molecule has 0 aliphatic rings. The predicted molar refractivity (Wildman–Crippen MR) is 142 cm³/mol. The zero-order valence-corrected chi connectivity index (χ0v) is 19.8. The third-order valence-corrected chi connectivity index (χ3v) is 6.99. The highest BCUT2D eigenvalue weighted by atomic mass is 16.5. The molecule has 0 bridgehead atoms. The molecule has 172 valence electrons. The summed E-state index contributed by atoms with van der Waals surface area (Å²) in [6.07, 6.45) is 0. The molecule has 0 heterocycles. The van der Waals surface area contributed by atoms with Gasteiger partial charge in [-0.1, -0.05) is 48.5 Å². The summed E-state index contributed by atoms with van der Waals surface area (Å²) < 4.78 is 5.63. The molecule has 6 aromatic carbocycles. The zero-order chi connectivity index (χ0) is 25.7. The summed E-state index contributed by atoms with van der Waals surface area (Å²) >= 11 is 0. The van der Waals surface area contributed by atoms with Crippen molar-refractivity contribution in [2.24, 2.45) is 0 Å². The fraction of sp³-hybridized carbons (Fsp3) is 0.0625. The van der Waals surface area contributed by atoms with Crippen molar-refractivity contribution in [1.82, 2.24) is 0 Å². The summed E-state index contributed by atoms with van der Waals surface area (Å²) in [5, 5.41) is 35.9. The van der Waals surface area contributed by atoms with E-state index in [1.807, 2.05) is 55.5 Å². The van der Waals surface area contributed by atoms with Gasteiger partial charge >= 0.3 is 5.97 Å². The van der Waals surface area contributed by atoms with Crippen LogP contribution in [0.25, 0.3) is 43.1 Å². The average molecular weight is 476 g/mol. The molecule has 0 aliphatic carbocycles. The Morgan fingerprint density at radius 3 is 2.00 bits per heavy atom. The Hall–Kier alpha value is -5.44. The van der Waals surface area contributed by atoms with E-state index in [0.29, 0.717) is 33.0 Å². The van der Waals surface area contributed by atoms with Gasteiger partial charge in [-0.25, -0.2) is 4.79 Å². The summed E-state index contributed by atoms with van der Waals surface area (Å²) in [6.45, 7) is 2.02. The lowest BCUT2D eigenvalue weighted by Gasteiger charge is -2.19. The number of benzene rings is 6. The summed E-state index contributed by atoms with van der Waals surface area (Å²) in [7, 11) is 0. The van der Waals surface area contributed by atoms with Crippen LogP contribution in [0.2, 0.25) is 0 Å². The smallest absolute Gasteiger partial charge is 0.339 e. The lowest BCUT2D eigenvalue weighted by atomic mass is 9.83. The Balaban J connectivity index is 1.72. The summed E-state index contributed by atoms with van der Waals surface area (Å²) in [5.74, 6) is -0.524. The minimum Gasteiger partial charge on any atom is -0.457 e. The van der Waals surface area contributed by atoms with Crippen molar-refractivity contribution in [3.05, 3.63) is 106 Å². The van der Waals surface area contributed by atoms with Crippen LogP contribution in [-0.4, -0.2) is 5.97 Å². The first-order valence-electron chi connectivity index (χ1n) is 11.7. The second-order valence-electron chi connectivity index (χ2n) is 9.00. The molecule has 0 aliphatic heterocycles. The SMILES string of the molecule is Cc1cc(C#N)c2c3ccc(C#N)c4c(C(=O)OCc5ccccc5)ccc(c5ccc(C#N)c1c52)c43. The maximum absolute atomic E-state index is 13.3. The molecule has 0 amide bonds. The van der Waals surface area contributed by atoms with Gasteiger partial charge in [0, 0.05) is 21.5 Å². The molecule has 6 aromatic rings. The number of carbonyl (C=O) groups excluding carboxylic acids is 1. The van der Waals surface area contributed by atoms with Gasteiger partial charge in [-0.05, 0) is 63.9 Å². The van der Waals surface area contributed by atoms with Crippen molar-refractivity contribution in [2.75, 3.05) is 0 Å². The number of fused-ring (bicyclic) bond motifs is 2. The summed E-state index contributed by atoms with van der Waals surface area (Å²) in [6, 6.07) is 28.8. The normalized spacial score (nSPS) is 11.0. The monoisotopic (exact) mass is 475 g/mol. The second kappa shape index (κ2) is 8.35. The lowest BCUT2D eigenvalue weighted by Crippen LogP contribution is -2.07. The van der Waals surface area contributed by atoms with E-state index in [1.54, 1.807) is 24.3 Å². The highest BCUT2D eigenvalue weighted by Crippen LogP contribution is 2.45. The second-order valence-corrected chi connectivity index (χ2v) is 9.00. The van der Waals surface area contributed by atoms with Crippen LogP contribution in [0.5, 0.6) is 0 Å². The summed E-state index contributed by atoms with van der Waals surface area (Å²) in [5.41, 5.74) is 3.38. The van der Waals surface area contributed by atoms with Crippen LogP contribution < -0.4 is 0 Å². The number of carbonyl (C=O) groups is 1. The van der Waals surface area contributed by atoms with Crippen molar-refractivity contribution < 1.29 is 9.53 Å². The minimum atomic E-state index is -0.524. The topological polar surface area (TPSA) is 97.7 Å². The highest BCUT2D eigenvalue weighted by Gasteiger charge is 2.23. The number of rotatable bonds is 3. The van der Waals surface area contributed by atoms with E-state index in [9.17, 15) is 20.6 Å². The maximum atomic E-state index is 13.3. The van der Waals surface area contributed by atoms with Crippen molar-refractivity contribution in [1.29, 1.82) is 15.8 Å². The predicted octanol–water partition coefficient (Wildman–Crippen LogP) is 7.02. The van der Waals surface area contributed by atoms with Gasteiger partial charge in [-0.3, -0.25) is 0 Å². The Morgan fingerprint density at radius 1 is 0.676 bits per heavy atom. The molecule has 5 nitrogen and oxygen atoms in total. The van der Waals surface area contributed by atoms with Gasteiger partial charge < -0.3 is 4.74 Å². The van der Waals surface area contributed by atoms with E-state index in [2.05, 4.69) is 18.2 Å². The first-order valence-corrected chi connectivity index (χ1v) is 11.7. The standard InChI is InChI=1S/C32H17N3O2/c1-18-13-22(16-35)29-25-10-8-21(15-34)28-26(32(36)37-17-19-5-3-2-4-6-19)12-11-23(30(25)28)24-9-7-20(14-33)27(18)31(24)29/h2-13H,17H2,1H3. The Bertz CT molecular complexity index is 2040. The maximum Gasteiger partial charge on any atom is 0.339 e. The van der Waals surface area contributed by atoms with Crippen molar-refractivity contribution in [2.45, 2.75) is 13.5 Å². The van der Waals surface area contributed by atoms with E-state index < -0.39 is 5.97 Å². The third-order valence-electron chi connectivity index (χ3n) is 6.99. The number of nitrogens with zero attached hydrogens (tertiary/aromatic N) is 3. The molecule has 0 saturated carbocycles. The molecule has 5 heteroatoms. The fourth-order valence-electron chi connectivity index (χ4n) is 5.45. The molecule has 0 fully saturated rings. The van der Waals surface area contributed by atoms with E-state index in [-0.39, 0.29) is 6.61 Å². The van der Waals surface area contributed by atoms with Crippen molar-refractivity contribution in [3.8, 4) is 18.2 Å². The average Bonchev–Trinajstić information content (AvgIpc) is 2.94. The van der Waals surface area contributed by atoms with Crippen LogP contribution in [0.4, 0.5) is 0 Å². The fourth-order valence-corrected chi connectivity index (χ4v) is 5.45. The Morgan fingerprint density at radius 2 is 1.30 bits per heavy atom. The highest BCUT2D eigenvalue weighted by molar-refractivity contribution is 6.36. The number of ether oxygens (including phenoxy) is 1. The van der Waals surface area contributed by atoms with E-state index in [4.69, 9.17) is 4.74 Å². The number of hydrogen-bond acceptors (Lipinski definition) is 5. The van der Waals surface area contributed by atoms with Crippen LogP contribution in [0, 0.1) is 40.9 Å². The molecule has 0 spiro atoms. The molecule has 0 N–H and O–H groups in total. The number of esters is 1. The number of aryl methyl sites for hydroxylation is 1. The van der Waals surface area contributed by atoms with Crippen molar-refractivity contribution in [3.63, 3.8) is 0 Å². The molecule has 0 atom stereocenters. The summed E-state index contributed by atoms with van der Waals surface area (Å²) in [4.78, 5) is 13.3. The molecule has 0 saturated heterocycles. The van der Waals surface area contributed by atoms with Gasteiger partial charge in [0.2, 0.25) is 0 Å². The van der Waals surface area contributed by atoms with Crippen LogP contribution in [0.15, 0.2) is 72.8 Å². The Labute approximate surface area is 212 Å². The molecule has 0 unspecified atom stereocenters. The van der Waals surface area contributed by atoms with Crippen LogP contribution >= 0.6 is 0 Å². The lowest BCUT2D eigenvalue weighted by molar-refractivity contribution is 0.0475. The number of nitriles is 3. The number of hydrogen-bond donors (Lipinski definition) is 0. The Kier molecular flexibility index (Phi) is 4.97. The van der Waals surface area contributed by atoms with E-state index in [0.717, 1.165) is 43.4 Å². The minimum absolute atomic E-state index is 0.113. The quantitative estimate of drug-likeness (QED) is 0.156. The zero-order valence-electron chi connectivity index (χ0n) is 19.8. The first kappa shape index (κ1) is 22.1. The third kappa shape index (κ3) is 3.18. The molecular weight excluding hydrogens is 458 g/mol. The van der Waals surface area contributed by atoms with Gasteiger partial charge in [0.1, 0.15) is 6.61 Å². The van der Waals surface area contributed by atoms with E-state index in [1.165, 1.54) is 0 Å². The molecule has 0 radical (unpaired) electrons. The van der Waals surface area contributed by atoms with Gasteiger partial charge in [-0.2, -0.15) is 15.8 Å². The molecular formula is C32H17N3O2. The molecule has 0 aromatic heterocycles. The van der Waals surface area contributed by atoms with Gasteiger partial charge in [0.05, 0.1) is 40.5 Å². The van der Waals surface area contributed by atoms with E-state index >= 15 is 0 Å². The largest absolute Gasteiger partial charge is 0.457 e. The van der Waals surface area contributed by atoms with Gasteiger partial charge in [0.25, 0.3) is 0 Å². The van der Waals surface area contributed by atoms with Crippen molar-refractivity contribution >= 4 is 49.1 Å². The molecule has 6 rings (SSSR count). The van der Waals surface area contributed by atoms with Crippen LogP contribution in [-0.2, 0) is 11.3 Å². The molecule has 37 heavy (non-hydrogen) atoms. The van der Waals surface area contributed by atoms with Crippen LogP contribution in [0.1, 0.15) is 38.2 Å². The van der Waals surface area contributed by atoms with Gasteiger partial charge in [-0.15, -0.1) is 0 Å². The van der Waals surface area contributed by atoms with Crippen LogP contribution in [0.3, 0.4) is 0 Å².